The molecule has 6 saturated heterocycles. The van der Waals surface area contributed by atoms with Crippen molar-refractivity contribution in [1.29, 1.82) is 0 Å². The topological polar surface area (TPSA) is 92.3 Å². The van der Waals surface area contributed by atoms with Gasteiger partial charge < -0.3 is 46.1 Å². The number of fused-ring (bicyclic) bond motifs is 4. The van der Waals surface area contributed by atoms with E-state index in [1.54, 1.807) is 0 Å². The van der Waals surface area contributed by atoms with Gasteiger partial charge in [0, 0.05) is 36.0 Å². The number of halogens is 1. The molecule has 0 aromatic heterocycles. The normalized spacial score (nSPS) is 40.5. The minimum absolute atomic E-state index is 0.00833. The molecule has 6 heterocycles. The van der Waals surface area contributed by atoms with Crippen molar-refractivity contribution in [2.75, 3.05) is 4.43 Å². The standard InChI is InChI=1S/C56H109IO10Si4/c1-18-68(19-2,20-3)64-45-37-49-54(15,61-41(45)14)33-30-44-52(60-49)47(65-69(21-4,22-5)23-6)36-42(58-44)39-56(17)48(66-70(24-7,25-8)26-9)31-34-55(16)50(62-56)38-46-53(63-55)51(40(13)43(59-46)32-35-57)67-71(27-10,28-11)29-12/h40-53H,18-39H2,1-17H3/t40-,41-,42-,43+,44-,45+,46-,47+,48+,49-,50+,51+,52-,53-,54+,55-,56-/m1/s1. The molecule has 0 amide bonds. The van der Waals surface area contributed by atoms with Crippen LogP contribution in [0.4, 0.5) is 0 Å². The van der Waals surface area contributed by atoms with Crippen LogP contribution in [0.2, 0.25) is 72.5 Å². The molecule has 6 aliphatic heterocycles. The summed E-state index contributed by atoms with van der Waals surface area (Å²) in [6.07, 6.45) is 6.78. The first kappa shape index (κ1) is 61.4. The lowest BCUT2D eigenvalue weighted by molar-refractivity contribution is -0.309. The Hall–Kier alpha value is 1.20. The van der Waals surface area contributed by atoms with Gasteiger partial charge in [0.25, 0.3) is 0 Å². The van der Waals surface area contributed by atoms with Crippen molar-refractivity contribution in [1.82, 2.24) is 0 Å². The fraction of sp³-hybridized carbons (Fsp3) is 1.00. The van der Waals surface area contributed by atoms with Gasteiger partial charge in [-0.25, -0.2) is 0 Å². The molecule has 6 rings (SSSR count). The van der Waals surface area contributed by atoms with Crippen molar-refractivity contribution in [3.05, 3.63) is 0 Å². The van der Waals surface area contributed by atoms with Crippen molar-refractivity contribution >= 4 is 55.9 Å². The van der Waals surface area contributed by atoms with E-state index >= 15 is 0 Å². The Morgan fingerprint density at radius 2 is 1.01 bits per heavy atom. The summed E-state index contributed by atoms with van der Waals surface area (Å²) >= 11 is 2.53. The average Bonchev–Trinajstić information content (AvgIpc) is 3.58. The van der Waals surface area contributed by atoms with Gasteiger partial charge in [-0.1, -0.05) is 113 Å². The van der Waals surface area contributed by atoms with Crippen molar-refractivity contribution in [3.8, 4) is 0 Å². The lowest BCUT2D eigenvalue weighted by atomic mass is 9.79. The van der Waals surface area contributed by atoms with Gasteiger partial charge in [-0.05, 0) is 132 Å². The number of hydrogen-bond donors (Lipinski definition) is 0. The molecule has 17 atom stereocenters. The van der Waals surface area contributed by atoms with Gasteiger partial charge in [0.05, 0.1) is 83.9 Å². The Morgan fingerprint density at radius 1 is 0.507 bits per heavy atom. The number of hydrogen-bond acceptors (Lipinski definition) is 10. The van der Waals surface area contributed by atoms with Crippen LogP contribution in [0.1, 0.15) is 175 Å². The summed E-state index contributed by atoms with van der Waals surface area (Å²) in [6, 6.07) is 13.3. The number of alkyl halides is 1. The van der Waals surface area contributed by atoms with E-state index in [1.807, 2.05) is 0 Å². The predicted octanol–water partition coefficient (Wildman–Crippen LogP) is 14.9. The lowest BCUT2D eigenvalue weighted by Gasteiger charge is -2.56. The highest BCUT2D eigenvalue weighted by molar-refractivity contribution is 14.1. The number of rotatable bonds is 24. The molecular formula is C56H109IO10Si4. The van der Waals surface area contributed by atoms with E-state index in [-0.39, 0.29) is 85.3 Å². The minimum Gasteiger partial charge on any atom is -0.411 e. The van der Waals surface area contributed by atoms with Crippen LogP contribution in [0, 0.1) is 5.92 Å². The second-order valence-corrected chi connectivity index (χ2v) is 44.3. The molecule has 0 unspecified atom stereocenters. The Kier molecular flexibility index (Phi) is 22.1. The van der Waals surface area contributed by atoms with Crippen LogP contribution in [0.5, 0.6) is 0 Å². The molecule has 0 bridgehead atoms. The van der Waals surface area contributed by atoms with Gasteiger partial charge in [-0.2, -0.15) is 0 Å². The summed E-state index contributed by atoms with van der Waals surface area (Å²) in [5.41, 5.74) is -1.58. The highest BCUT2D eigenvalue weighted by Gasteiger charge is 2.61. The number of ether oxygens (including phenoxy) is 6. The van der Waals surface area contributed by atoms with Crippen molar-refractivity contribution in [2.45, 2.75) is 344 Å². The molecule has 6 fully saturated rings. The molecule has 0 N–H and O–H groups in total. The molecule has 0 saturated carbocycles. The Morgan fingerprint density at radius 3 is 1.56 bits per heavy atom. The molecule has 71 heavy (non-hydrogen) atoms. The van der Waals surface area contributed by atoms with Crippen molar-refractivity contribution < 1.29 is 46.1 Å². The van der Waals surface area contributed by atoms with Crippen LogP contribution >= 0.6 is 22.6 Å². The maximum atomic E-state index is 7.90. The summed E-state index contributed by atoms with van der Waals surface area (Å²) in [5, 5.41) is 0. The maximum absolute atomic E-state index is 7.90. The van der Waals surface area contributed by atoms with Crippen molar-refractivity contribution in [3.63, 3.8) is 0 Å². The van der Waals surface area contributed by atoms with Crippen molar-refractivity contribution in [2.24, 2.45) is 5.92 Å². The zero-order chi connectivity index (χ0) is 52.2. The summed E-state index contributed by atoms with van der Waals surface area (Å²) in [5.74, 6) is 0.256. The summed E-state index contributed by atoms with van der Waals surface area (Å²) in [7, 11) is -7.98. The van der Waals surface area contributed by atoms with Gasteiger partial charge in [-0.15, -0.1) is 0 Å². The first-order chi connectivity index (χ1) is 33.7. The molecule has 0 spiro atoms. The fourth-order valence-electron chi connectivity index (χ4n) is 14.6. The first-order valence-electron chi connectivity index (χ1n) is 30.0. The fourth-order valence-corrected chi connectivity index (χ4v) is 26.9. The van der Waals surface area contributed by atoms with Crippen LogP contribution in [-0.4, -0.2) is 134 Å². The summed E-state index contributed by atoms with van der Waals surface area (Å²) < 4.78 is 76.2. The van der Waals surface area contributed by atoms with E-state index in [4.69, 9.17) is 46.1 Å². The Balaban J connectivity index is 1.35. The smallest absolute Gasteiger partial charge is 0.192 e. The molecule has 15 heteroatoms. The molecular weight excluding hydrogens is 1070 g/mol. The monoisotopic (exact) mass is 1180 g/mol. The van der Waals surface area contributed by atoms with E-state index in [2.05, 4.69) is 140 Å². The van der Waals surface area contributed by atoms with Crippen LogP contribution < -0.4 is 0 Å². The zero-order valence-corrected chi connectivity index (χ0v) is 54.8. The second kappa shape index (κ2) is 25.5. The third-order valence-electron chi connectivity index (χ3n) is 21.0. The minimum atomic E-state index is -2.08. The zero-order valence-electron chi connectivity index (χ0n) is 48.6. The van der Waals surface area contributed by atoms with Crippen LogP contribution in [0.15, 0.2) is 0 Å². The van der Waals surface area contributed by atoms with Crippen LogP contribution in [-0.2, 0) is 46.1 Å². The van der Waals surface area contributed by atoms with Gasteiger partial charge >= 0.3 is 0 Å². The van der Waals surface area contributed by atoms with E-state index in [0.29, 0.717) is 0 Å². The van der Waals surface area contributed by atoms with Gasteiger partial charge in [0.1, 0.15) is 12.2 Å². The van der Waals surface area contributed by atoms with Gasteiger partial charge in [0.2, 0.25) is 0 Å². The summed E-state index contributed by atoms with van der Waals surface area (Å²) in [6.45, 7) is 39.8. The summed E-state index contributed by atoms with van der Waals surface area (Å²) in [4.78, 5) is 0. The quantitative estimate of drug-likeness (QED) is 0.0529. The largest absolute Gasteiger partial charge is 0.411 e. The molecule has 0 aromatic carbocycles. The van der Waals surface area contributed by atoms with E-state index in [1.165, 1.54) is 0 Å². The Labute approximate surface area is 453 Å². The van der Waals surface area contributed by atoms with Crippen LogP contribution in [0.25, 0.3) is 0 Å². The lowest BCUT2D eigenvalue weighted by Crippen LogP contribution is -2.66. The predicted molar refractivity (Wildman–Crippen MR) is 309 cm³/mol. The Bertz CT molecular complexity index is 1600. The molecule has 416 valence electrons. The molecule has 0 radical (unpaired) electrons. The van der Waals surface area contributed by atoms with E-state index < -0.39 is 50.1 Å². The molecule has 0 aromatic rings. The average molecular weight is 1180 g/mol. The van der Waals surface area contributed by atoms with Crippen LogP contribution in [0.3, 0.4) is 0 Å². The molecule has 6 aliphatic rings. The second-order valence-electron chi connectivity index (χ2n) is 24.4. The molecule has 0 aliphatic carbocycles. The van der Waals surface area contributed by atoms with Gasteiger partial charge in [-0.3, -0.25) is 0 Å². The highest BCUT2D eigenvalue weighted by atomic mass is 127. The van der Waals surface area contributed by atoms with Gasteiger partial charge in [0.15, 0.2) is 33.3 Å². The molecule has 10 nitrogen and oxygen atoms in total. The third kappa shape index (κ3) is 13.0. The van der Waals surface area contributed by atoms with E-state index in [0.717, 1.165) is 135 Å². The first-order valence-corrected chi connectivity index (χ1v) is 41.6. The maximum Gasteiger partial charge on any atom is 0.192 e. The SMILES string of the molecule is CC[Si](CC)(CC)O[C@H]1[C@H](C)[C@H](CCI)O[C@@H]2C[C@@H]3O[C@](C)(C[C@H]4C[C@H](O[Si](CC)(CC)CC)[C@@H]5O[C@@H]6C[C@H](O[Si](CC)(CC)CC)[C@@H](C)O[C@@]6(C)CC[C@H]5O4)[C@@H](O[Si](CC)(CC)CC)CC[C@@]3(C)O[C@@H]12. The third-order valence-corrected chi connectivity index (χ3v) is 40.2. The highest BCUT2D eigenvalue weighted by Crippen LogP contribution is 2.52. The van der Waals surface area contributed by atoms with E-state index in [9.17, 15) is 0 Å².